The highest BCUT2D eigenvalue weighted by Gasteiger charge is 2.33. The molecule has 0 bridgehead atoms. The van der Waals surface area contributed by atoms with E-state index in [0.717, 1.165) is 32.9 Å². The van der Waals surface area contributed by atoms with Crippen molar-refractivity contribution in [1.29, 1.82) is 0 Å². The van der Waals surface area contributed by atoms with Crippen molar-refractivity contribution in [3.05, 3.63) is 112 Å². The normalized spacial score (nSPS) is 18.8. The molecule has 19 heteroatoms. The summed E-state index contributed by atoms with van der Waals surface area (Å²) in [4.78, 5) is 0.0757. The molecule has 4 aromatic rings. The molecular weight excluding hydrogens is 1020 g/mol. The summed E-state index contributed by atoms with van der Waals surface area (Å²) in [6, 6.07) is 17.1. The Balaban J connectivity index is 0.000000260. The molecule has 9 nitrogen and oxygen atoms in total. The van der Waals surface area contributed by atoms with Crippen LogP contribution in [0.4, 0.5) is 0 Å². The fraction of sp³-hybridized carbons (Fsp3) is 0.351. The van der Waals surface area contributed by atoms with Crippen LogP contribution in [-0.4, -0.2) is 65.3 Å². The van der Waals surface area contributed by atoms with E-state index in [9.17, 15) is 21.9 Å². The van der Waals surface area contributed by atoms with Gasteiger partial charge in [-0.3, -0.25) is 0 Å². The molecule has 0 unspecified atom stereocenters. The fourth-order valence-corrected chi connectivity index (χ4v) is 11.4. The monoisotopic (exact) mass is 1060 g/mol. The lowest BCUT2D eigenvalue weighted by Gasteiger charge is -2.31. The van der Waals surface area contributed by atoms with Crippen LogP contribution in [0.2, 0.25) is 20.1 Å². The van der Waals surface area contributed by atoms with Gasteiger partial charge in [0, 0.05) is 58.6 Å². The number of benzene rings is 4. The van der Waals surface area contributed by atoms with E-state index in [1.165, 1.54) is 20.3 Å². The number of rotatable bonds is 10. The van der Waals surface area contributed by atoms with E-state index in [1.807, 2.05) is 0 Å². The van der Waals surface area contributed by atoms with Crippen LogP contribution in [0.25, 0.3) is 0 Å². The van der Waals surface area contributed by atoms with Crippen molar-refractivity contribution in [1.82, 2.24) is 0 Å². The summed E-state index contributed by atoms with van der Waals surface area (Å²) in [5.74, 6) is 0.482. The van der Waals surface area contributed by atoms with Gasteiger partial charge in [-0.25, -0.2) is 16.8 Å². The quantitative estimate of drug-likeness (QED) is 0.132. The number of ether oxygens (including phenoxy) is 2. The number of halogens is 8. The van der Waals surface area contributed by atoms with Gasteiger partial charge in [0.2, 0.25) is 0 Å². The molecule has 0 aromatic heterocycles. The van der Waals surface area contributed by atoms with Crippen LogP contribution in [0, 0.1) is 5.92 Å². The molecule has 4 aromatic carbocycles. The Morgan fingerprint density at radius 2 is 1.05 bits per heavy atom. The maximum absolute atomic E-state index is 12.9. The van der Waals surface area contributed by atoms with Crippen LogP contribution in [0.15, 0.2) is 79.4 Å². The molecule has 0 atom stereocenters. The Morgan fingerprint density at radius 1 is 0.679 bits per heavy atom. The third kappa shape index (κ3) is 13.8. The minimum absolute atomic E-state index is 0. The maximum atomic E-state index is 12.9. The van der Waals surface area contributed by atoms with E-state index in [-0.39, 0.29) is 51.8 Å². The van der Waals surface area contributed by atoms with Crippen LogP contribution < -0.4 is 15.2 Å². The number of sulfone groups is 1. The van der Waals surface area contributed by atoms with E-state index in [0.29, 0.717) is 68.7 Å². The van der Waals surface area contributed by atoms with Crippen molar-refractivity contribution in [2.24, 2.45) is 11.7 Å². The molecule has 6 rings (SSSR count). The second-order valence-corrected chi connectivity index (χ2v) is 21.1. The van der Waals surface area contributed by atoms with Gasteiger partial charge < -0.3 is 25.4 Å². The first-order valence-corrected chi connectivity index (χ1v) is 23.7. The Kier molecular flexibility index (Phi) is 18.9. The van der Waals surface area contributed by atoms with E-state index in [4.69, 9.17) is 77.4 Å². The number of aliphatic hydroxyl groups is 2. The minimum atomic E-state index is -3.91. The molecule has 56 heavy (non-hydrogen) atoms. The van der Waals surface area contributed by atoms with E-state index in [2.05, 4.69) is 31.9 Å². The van der Waals surface area contributed by atoms with Gasteiger partial charge in [-0.2, -0.15) is 0 Å². The van der Waals surface area contributed by atoms with Crippen LogP contribution in [0.1, 0.15) is 47.9 Å². The summed E-state index contributed by atoms with van der Waals surface area (Å²) >= 11 is 31.6. The van der Waals surface area contributed by atoms with Gasteiger partial charge >= 0.3 is 0 Å². The average molecular weight is 1060 g/mol. The van der Waals surface area contributed by atoms with E-state index >= 15 is 0 Å². The fourth-order valence-electron chi connectivity index (χ4n) is 5.85. The molecule has 4 N–H and O–H groups in total. The third-order valence-electron chi connectivity index (χ3n) is 8.84. The van der Waals surface area contributed by atoms with E-state index in [1.54, 1.807) is 54.6 Å². The lowest BCUT2D eigenvalue weighted by Crippen LogP contribution is -2.39. The molecule has 2 aliphatic rings. The molecule has 0 saturated heterocycles. The van der Waals surface area contributed by atoms with Gasteiger partial charge in [-0.05, 0) is 102 Å². The van der Waals surface area contributed by atoms with E-state index < -0.39 is 18.9 Å². The standard InChI is InChI=1S/C19H19BrCl2O4S.C14H10BrCl3O3S.C4H9NO.ClH/c1-26-18-3-2-11(6-15-16(21)8-13(20)9-17(15)22)7-19(18)27(24,25)10-12-4-14(23)5-12;1-21-13-3-2-8(5-14(13)22(18,19)20)4-10-11(16)6-9(15)7-12(10)17;5-3-1-4(6)2-3;/h2-3,7-9,12,14,23H,4-6,10H2,1H3;2-3,5-7H,4H2,1H3;3-4,6H,1-2,5H2;1H. The first-order chi connectivity index (χ1) is 25.7. The highest BCUT2D eigenvalue weighted by molar-refractivity contribution is 9.10. The highest BCUT2D eigenvalue weighted by atomic mass is 79.9. The lowest BCUT2D eigenvalue weighted by molar-refractivity contribution is 0.0526. The molecule has 2 fully saturated rings. The number of hydrogen-bond acceptors (Lipinski definition) is 9. The SMILES string of the molecule is COc1ccc(Cc2c(Cl)cc(Br)cc2Cl)cc1S(=O)(=O)CC1CC(O)C1.COc1ccc(Cc2c(Cl)cc(Br)cc2Cl)cc1S(=O)(=O)Cl.Cl.NC1CC(O)C1. The van der Waals surface area contributed by atoms with Gasteiger partial charge in [0.15, 0.2) is 9.84 Å². The van der Waals surface area contributed by atoms with Crippen molar-refractivity contribution >= 4 is 120 Å². The lowest BCUT2D eigenvalue weighted by atomic mass is 9.84. The van der Waals surface area contributed by atoms with Gasteiger partial charge in [-0.15, -0.1) is 12.4 Å². The minimum Gasteiger partial charge on any atom is -0.495 e. The zero-order valence-corrected chi connectivity index (χ0v) is 39.2. The first kappa shape index (κ1) is 49.3. The molecule has 2 saturated carbocycles. The Labute approximate surface area is 375 Å². The van der Waals surface area contributed by atoms with Gasteiger partial charge in [0.25, 0.3) is 9.05 Å². The number of nitrogens with two attached hydrogens (primary N) is 1. The van der Waals surface area contributed by atoms with Crippen molar-refractivity contribution in [3.8, 4) is 11.5 Å². The summed E-state index contributed by atoms with van der Waals surface area (Å²) in [6.07, 6.45) is 2.95. The number of hydrogen-bond donors (Lipinski definition) is 3. The molecule has 308 valence electrons. The van der Waals surface area contributed by atoms with Crippen molar-refractivity contribution in [2.45, 2.75) is 66.6 Å². The van der Waals surface area contributed by atoms with Crippen molar-refractivity contribution in [2.75, 3.05) is 20.0 Å². The molecular formula is C37H39Br2Cl6NO8S2. The number of aliphatic hydroxyl groups excluding tert-OH is 2. The smallest absolute Gasteiger partial charge is 0.264 e. The molecule has 0 aliphatic heterocycles. The molecule has 2 aliphatic carbocycles. The molecule has 0 radical (unpaired) electrons. The van der Waals surface area contributed by atoms with Crippen LogP contribution >= 0.6 is 101 Å². The third-order valence-corrected chi connectivity index (χ3v) is 14.3. The Morgan fingerprint density at radius 3 is 1.38 bits per heavy atom. The largest absolute Gasteiger partial charge is 0.495 e. The predicted octanol–water partition coefficient (Wildman–Crippen LogP) is 10.1. The second-order valence-electron chi connectivity index (χ2n) is 13.1. The van der Waals surface area contributed by atoms with Gasteiger partial charge in [0.05, 0.1) is 32.2 Å². The summed E-state index contributed by atoms with van der Waals surface area (Å²) in [6.45, 7) is 0. The Hall–Kier alpha value is -1.04. The summed E-state index contributed by atoms with van der Waals surface area (Å²) in [5, 5.41) is 20.0. The summed E-state index contributed by atoms with van der Waals surface area (Å²) in [5.41, 5.74) is 8.22. The topological polar surface area (TPSA) is 153 Å². The van der Waals surface area contributed by atoms with Crippen LogP contribution in [-0.2, 0) is 31.7 Å². The van der Waals surface area contributed by atoms with Crippen LogP contribution in [0.3, 0.4) is 0 Å². The zero-order chi connectivity index (χ0) is 40.8. The zero-order valence-electron chi connectivity index (χ0n) is 29.8. The molecule has 0 spiro atoms. The Bertz CT molecular complexity index is 2170. The highest BCUT2D eigenvalue weighted by Crippen LogP contribution is 2.37. The van der Waals surface area contributed by atoms with Gasteiger partial charge in [-0.1, -0.05) is 90.4 Å². The average Bonchev–Trinajstić information content (AvgIpc) is 3.06. The van der Waals surface area contributed by atoms with Crippen LogP contribution in [0.5, 0.6) is 11.5 Å². The van der Waals surface area contributed by atoms with Crippen molar-refractivity contribution in [3.63, 3.8) is 0 Å². The number of methoxy groups -OCH3 is 2. The summed E-state index contributed by atoms with van der Waals surface area (Å²) < 4.78 is 60.8. The maximum Gasteiger partial charge on any atom is 0.264 e. The molecule has 0 amide bonds. The van der Waals surface area contributed by atoms with Crippen molar-refractivity contribution < 1.29 is 36.5 Å². The second kappa shape index (κ2) is 21.5. The first-order valence-electron chi connectivity index (χ1n) is 16.6. The van der Waals surface area contributed by atoms with Gasteiger partial charge in [0.1, 0.15) is 21.3 Å². The summed E-state index contributed by atoms with van der Waals surface area (Å²) in [7, 11) is 0.809. The predicted molar refractivity (Wildman–Crippen MR) is 234 cm³/mol. The molecule has 0 heterocycles.